The van der Waals surface area contributed by atoms with Crippen LogP contribution in [0.25, 0.3) is 5.78 Å². The molecular weight excluding hydrogens is 404 g/mol. The molecule has 11 heteroatoms. The van der Waals surface area contributed by atoms with Gasteiger partial charge in [0.15, 0.2) is 5.16 Å². The number of nitrogens with one attached hydrogen (secondary N) is 3. The van der Waals surface area contributed by atoms with E-state index in [0.717, 1.165) is 0 Å². The SMILES string of the molecule is COc1ccccc1NC(=O)CSc1nnc2nc(NC(C)C)nc(NC(C)C)n12. The molecule has 0 atom stereocenters. The molecule has 3 aromatic rings. The molecule has 0 aliphatic rings. The first-order valence-electron chi connectivity index (χ1n) is 9.59. The Morgan fingerprint density at radius 1 is 1.10 bits per heavy atom. The quantitative estimate of drug-likeness (QED) is 0.440. The van der Waals surface area contributed by atoms with E-state index in [9.17, 15) is 4.79 Å². The minimum atomic E-state index is -0.182. The first-order chi connectivity index (χ1) is 14.4. The molecular formula is C19H26N8O2S. The lowest BCUT2D eigenvalue weighted by atomic mass is 10.3. The van der Waals surface area contributed by atoms with Gasteiger partial charge in [-0.15, -0.1) is 10.2 Å². The van der Waals surface area contributed by atoms with E-state index in [1.165, 1.54) is 11.8 Å². The van der Waals surface area contributed by atoms with Gasteiger partial charge in [0.2, 0.25) is 17.8 Å². The van der Waals surface area contributed by atoms with Gasteiger partial charge in [0, 0.05) is 12.1 Å². The van der Waals surface area contributed by atoms with Crippen LogP contribution in [0, 0.1) is 0 Å². The zero-order valence-electron chi connectivity index (χ0n) is 17.6. The van der Waals surface area contributed by atoms with Gasteiger partial charge in [-0.3, -0.25) is 4.79 Å². The Bertz CT molecular complexity index is 1020. The normalized spacial score (nSPS) is 11.2. The number of aromatic nitrogens is 5. The van der Waals surface area contributed by atoms with E-state index in [2.05, 4.69) is 36.1 Å². The highest BCUT2D eigenvalue weighted by atomic mass is 32.2. The molecule has 0 fully saturated rings. The average Bonchev–Trinajstić information content (AvgIpc) is 3.09. The van der Waals surface area contributed by atoms with Crippen molar-refractivity contribution in [3.05, 3.63) is 24.3 Å². The zero-order chi connectivity index (χ0) is 21.7. The van der Waals surface area contributed by atoms with Crippen LogP contribution < -0.4 is 20.7 Å². The molecule has 0 radical (unpaired) electrons. The fraction of sp³-hybridized carbons (Fsp3) is 0.421. The van der Waals surface area contributed by atoms with Crippen molar-refractivity contribution in [2.75, 3.05) is 28.8 Å². The average molecular weight is 431 g/mol. The number of nitrogens with zero attached hydrogens (tertiary/aromatic N) is 5. The number of thioether (sulfide) groups is 1. The molecule has 0 aliphatic heterocycles. The fourth-order valence-electron chi connectivity index (χ4n) is 2.63. The van der Waals surface area contributed by atoms with Crippen molar-refractivity contribution >= 4 is 41.0 Å². The third kappa shape index (κ3) is 5.29. The van der Waals surface area contributed by atoms with E-state index < -0.39 is 0 Å². The number of carbonyl (C=O) groups excluding carboxylic acids is 1. The van der Waals surface area contributed by atoms with Gasteiger partial charge in [0.1, 0.15) is 5.75 Å². The Balaban J connectivity index is 1.79. The summed E-state index contributed by atoms with van der Waals surface area (Å²) in [5.74, 6) is 2.01. The monoisotopic (exact) mass is 430 g/mol. The van der Waals surface area contributed by atoms with E-state index in [1.807, 2.05) is 39.8 Å². The number of ether oxygens (including phenoxy) is 1. The molecule has 3 rings (SSSR count). The van der Waals surface area contributed by atoms with Gasteiger partial charge in [0.25, 0.3) is 5.78 Å². The van der Waals surface area contributed by atoms with Gasteiger partial charge in [-0.05, 0) is 39.8 Å². The van der Waals surface area contributed by atoms with E-state index in [0.29, 0.717) is 34.3 Å². The highest BCUT2D eigenvalue weighted by molar-refractivity contribution is 7.99. The van der Waals surface area contributed by atoms with Crippen molar-refractivity contribution in [3.63, 3.8) is 0 Å². The van der Waals surface area contributed by atoms with Crippen molar-refractivity contribution in [2.45, 2.75) is 44.9 Å². The predicted octanol–water partition coefficient (Wildman–Crippen LogP) is 2.90. The maximum atomic E-state index is 12.4. The lowest BCUT2D eigenvalue weighted by Crippen LogP contribution is -2.19. The smallest absolute Gasteiger partial charge is 0.261 e. The van der Waals surface area contributed by atoms with Gasteiger partial charge >= 0.3 is 0 Å². The highest BCUT2D eigenvalue weighted by Gasteiger charge is 2.17. The summed E-state index contributed by atoms with van der Waals surface area (Å²) in [7, 11) is 1.56. The Hall–Kier alpha value is -3.08. The molecule has 0 aliphatic carbocycles. The summed E-state index contributed by atoms with van der Waals surface area (Å²) in [4.78, 5) is 21.4. The molecule has 2 heterocycles. The minimum Gasteiger partial charge on any atom is -0.495 e. The summed E-state index contributed by atoms with van der Waals surface area (Å²) >= 11 is 1.25. The van der Waals surface area contributed by atoms with Gasteiger partial charge in [-0.25, -0.2) is 4.40 Å². The Morgan fingerprint density at radius 3 is 2.53 bits per heavy atom. The van der Waals surface area contributed by atoms with Crippen LogP contribution in [-0.2, 0) is 4.79 Å². The standard InChI is InChI=1S/C19H26N8O2S/c1-11(2)20-16-23-17(21-12(3)4)27-18(24-16)25-26-19(27)30-10-15(28)22-13-8-6-7-9-14(13)29-5/h6-9,11-12H,10H2,1-5H3,(H,22,28)(H2,20,21,23,24,25). The number of para-hydroxylation sites is 2. The van der Waals surface area contributed by atoms with Gasteiger partial charge in [0.05, 0.1) is 18.6 Å². The molecule has 30 heavy (non-hydrogen) atoms. The molecule has 1 amide bonds. The van der Waals surface area contributed by atoms with Gasteiger partial charge in [-0.2, -0.15) is 9.97 Å². The van der Waals surface area contributed by atoms with Crippen LogP contribution >= 0.6 is 11.8 Å². The number of amides is 1. The van der Waals surface area contributed by atoms with Crippen molar-refractivity contribution < 1.29 is 9.53 Å². The number of benzene rings is 1. The van der Waals surface area contributed by atoms with E-state index in [1.54, 1.807) is 23.6 Å². The molecule has 2 aromatic heterocycles. The summed E-state index contributed by atoms with van der Waals surface area (Å²) in [6.07, 6.45) is 0. The fourth-order valence-corrected chi connectivity index (χ4v) is 3.35. The highest BCUT2D eigenvalue weighted by Crippen LogP contribution is 2.25. The zero-order valence-corrected chi connectivity index (χ0v) is 18.4. The third-order valence-electron chi connectivity index (χ3n) is 3.79. The van der Waals surface area contributed by atoms with Crippen LogP contribution in [0.2, 0.25) is 0 Å². The Labute approximate surface area is 179 Å². The summed E-state index contributed by atoms with van der Waals surface area (Å²) < 4.78 is 6.98. The molecule has 1 aromatic carbocycles. The first-order valence-corrected chi connectivity index (χ1v) is 10.6. The number of methoxy groups -OCH3 is 1. The van der Waals surface area contributed by atoms with Crippen LogP contribution in [0.5, 0.6) is 5.75 Å². The molecule has 0 saturated heterocycles. The topological polar surface area (TPSA) is 118 Å². The Morgan fingerprint density at radius 2 is 1.83 bits per heavy atom. The van der Waals surface area contributed by atoms with Gasteiger partial charge < -0.3 is 20.7 Å². The summed E-state index contributed by atoms with van der Waals surface area (Å²) in [6.45, 7) is 8.05. The molecule has 0 spiro atoms. The lowest BCUT2D eigenvalue weighted by Gasteiger charge is -2.14. The second kappa shape index (κ2) is 9.61. The van der Waals surface area contributed by atoms with E-state index >= 15 is 0 Å². The number of hydrogen-bond donors (Lipinski definition) is 3. The molecule has 10 nitrogen and oxygen atoms in total. The Kier molecular flexibility index (Phi) is 6.93. The third-order valence-corrected chi connectivity index (χ3v) is 4.72. The molecule has 0 bridgehead atoms. The largest absolute Gasteiger partial charge is 0.495 e. The predicted molar refractivity (Wildman–Crippen MR) is 118 cm³/mol. The lowest BCUT2D eigenvalue weighted by molar-refractivity contribution is -0.113. The van der Waals surface area contributed by atoms with Crippen molar-refractivity contribution in [1.29, 1.82) is 0 Å². The number of hydrogen-bond acceptors (Lipinski definition) is 9. The molecule has 0 unspecified atom stereocenters. The summed E-state index contributed by atoms with van der Waals surface area (Å²) in [5.41, 5.74) is 0.617. The van der Waals surface area contributed by atoms with Crippen LogP contribution in [0.15, 0.2) is 29.4 Å². The molecule has 3 N–H and O–H groups in total. The van der Waals surface area contributed by atoms with Crippen molar-refractivity contribution in [3.8, 4) is 5.75 Å². The summed E-state index contributed by atoms with van der Waals surface area (Å²) in [6, 6.07) is 7.58. The van der Waals surface area contributed by atoms with Crippen LogP contribution in [0.1, 0.15) is 27.7 Å². The molecule has 0 saturated carbocycles. The van der Waals surface area contributed by atoms with Crippen molar-refractivity contribution in [2.24, 2.45) is 0 Å². The van der Waals surface area contributed by atoms with Crippen molar-refractivity contribution in [1.82, 2.24) is 24.6 Å². The second-order valence-corrected chi connectivity index (χ2v) is 8.07. The van der Waals surface area contributed by atoms with E-state index in [4.69, 9.17) is 4.74 Å². The number of rotatable bonds is 9. The summed E-state index contributed by atoms with van der Waals surface area (Å²) in [5, 5.41) is 18.2. The number of fused-ring (bicyclic) bond motifs is 1. The van der Waals surface area contributed by atoms with Gasteiger partial charge in [-0.1, -0.05) is 23.9 Å². The maximum Gasteiger partial charge on any atom is 0.261 e. The van der Waals surface area contributed by atoms with E-state index in [-0.39, 0.29) is 23.7 Å². The molecule has 160 valence electrons. The second-order valence-electron chi connectivity index (χ2n) is 7.12. The number of carbonyl (C=O) groups is 1. The minimum absolute atomic E-state index is 0.143. The maximum absolute atomic E-state index is 12.4. The van der Waals surface area contributed by atoms with Crippen LogP contribution in [-0.4, -0.2) is 55.4 Å². The first kappa shape index (κ1) is 21.6. The van der Waals surface area contributed by atoms with Crippen LogP contribution in [0.3, 0.4) is 0 Å². The van der Waals surface area contributed by atoms with Crippen LogP contribution in [0.4, 0.5) is 17.6 Å². The number of anilines is 3.